The molecule has 0 bridgehead atoms. The molecular weight excluding hydrogens is 419 g/mol. The summed E-state index contributed by atoms with van der Waals surface area (Å²) in [5.41, 5.74) is 8.35. The summed E-state index contributed by atoms with van der Waals surface area (Å²) in [6.07, 6.45) is 1.80. The van der Waals surface area contributed by atoms with Crippen molar-refractivity contribution in [2.24, 2.45) is 12.0 Å². The van der Waals surface area contributed by atoms with Crippen molar-refractivity contribution in [3.05, 3.63) is 93.2 Å². The number of fused-ring (bicyclic) bond motifs is 3. The molecule has 4 rings (SSSR count). The van der Waals surface area contributed by atoms with Crippen LogP contribution in [0.1, 0.15) is 35.2 Å². The van der Waals surface area contributed by atoms with Gasteiger partial charge in [0.15, 0.2) is 0 Å². The lowest BCUT2D eigenvalue weighted by Crippen LogP contribution is -2.32. The van der Waals surface area contributed by atoms with E-state index in [0.29, 0.717) is 12.3 Å². The Balaban J connectivity index is 1.90. The number of hydrogen-bond acceptors (Lipinski definition) is 4. The first-order valence-electron chi connectivity index (χ1n) is 9.61. The Labute approximate surface area is 181 Å². The molecule has 0 saturated heterocycles. The summed E-state index contributed by atoms with van der Waals surface area (Å²) in [5.74, 6) is -0.326. The molecule has 160 valence electrons. The molecule has 1 aromatic heterocycles. The molecule has 9 heteroatoms. The van der Waals surface area contributed by atoms with E-state index >= 15 is 0 Å². The number of aromatic nitrogens is 1. The van der Waals surface area contributed by atoms with Crippen LogP contribution in [0.25, 0.3) is 11.1 Å². The number of hydrogen-bond donors (Lipinski definition) is 3. The minimum Gasteiger partial charge on any atom is -0.318 e. The number of hydrazine groups is 1. The second-order valence-electron chi connectivity index (χ2n) is 7.34. The van der Waals surface area contributed by atoms with Crippen molar-refractivity contribution in [1.82, 2.24) is 14.8 Å². The number of nitrogens with one attached hydrogen (secondary N) is 2. The van der Waals surface area contributed by atoms with Gasteiger partial charge < -0.3 is 4.57 Å². The molecule has 1 aliphatic rings. The number of benzene rings is 2. The van der Waals surface area contributed by atoms with Crippen LogP contribution in [0.3, 0.4) is 0 Å². The van der Waals surface area contributed by atoms with Crippen molar-refractivity contribution >= 4 is 17.0 Å². The number of rotatable bonds is 5. The molecule has 2 heterocycles. The van der Waals surface area contributed by atoms with Crippen molar-refractivity contribution in [3.63, 3.8) is 0 Å². The van der Waals surface area contributed by atoms with Crippen molar-refractivity contribution in [2.45, 2.75) is 19.5 Å². The molecule has 0 saturated carbocycles. The van der Waals surface area contributed by atoms with Crippen LogP contribution < -0.4 is 15.8 Å². The third-order valence-corrected chi connectivity index (χ3v) is 5.55. The Hall–Kier alpha value is -2.98. The van der Waals surface area contributed by atoms with Crippen LogP contribution in [-0.2, 0) is 24.9 Å². The van der Waals surface area contributed by atoms with Gasteiger partial charge in [0.05, 0.1) is 11.8 Å². The van der Waals surface area contributed by atoms with E-state index in [1.54, 1.807) is 31.4 Å². The highest BCUT2D eigenvalue weighted by Crippen LogP contribution is 2.37. The van der Waals surface area contributed by atoms with Gasteiger partial charge in [-0.3, -0.25) is 14.3 Å². The molecule has 0 fully saturated rings. The minimum atomic E-state index is -2.17. The Morgan fingerprint density at radius 2 is 1.87 bits per heavy atom. The van der Waals surface area contributed by atoms with Gasteiger partial charge in [0.25, 0.3) is 5.56 Å². The highest BCUT2D eigenvalue weighted by atomic mass is 32.2. The summed E-state index contributed by atoms with van der Waals surface area (Å²) in [6, 6.07) is 13.3. The average Bonchev–Trinajstić information content (AvgIpc) is 2.84. The summed E-state index contributed by atoms with van der Waals surface area (Å²) in [6.45, 7) is 2.23. The summed E-state index contributed by atoms with van der Waals surface area (Å²) < 4.78 is 34.7. The SMILES string of the molecule is C[C@@H]1N=C(c2ccc(F)cc2)c2ccc(CNNS(=O)O)cc2-c2cn(C)c(=O)cc21. The maximum Gasteiger partial charge on any atom is 0.250 e. The van der Waals surface area contributed by atoms with Crippen LogP contribution in [0.4, 0.5) is 4.39 Å². The molecule has 0 radical (unpaired) electrons. The first-order valence-corrected chi connectivity index (χ1v) is 10.7. The molecule has 2 aromatic carbocycles. The zero-order chi connectivity index (χ0) is 22.1. The fraction of sp³-hybridized carbons (Fsp3) is 0.182. The molecule has 0 amide bonds. The Bertz CT molecular complexity index is 1250. The lowest BCUT2D eigenvalue weighted by Gasteiger charge is -2.15. The van der Waals surface area contributed by atoms with Gasteiger partial charge in [-0.25, -0.2) is 14.0 Å². The van der Waals surface area contributed by atoms with Crippen molar-refractivity contribution < 1.29 is 13.2 Å². The number of nitrogens with zero attached hydrogens (tertiary/aromatic N) is 2. The van der Waals surface area contributed by atoms with Crippen molar-refractivity contribution in [3.8, 4) is 11.1 Å². The second-order valence-corrected chi connectivity index (χ2v) is 8.04. The van der Waals surface area contributed by atoms with E-state index in [1.165, 1.54) is 16.7 Å². The smallest absolute Gasteiger partial charge is 0.250 e. The molecule has 3 aromatic rings. The van der Waals surface area contributed by atoms with Gasteiger partial charge >= 0.3 is 0 Å². The molecule has 0 aliphatic carbocycles. The summed E-state index contributed by atoms with van der Waals surface area (Å²) >= 11 is -2.17. The lowest BCUT2D eigenvalue weighted by molar-refractivity contribution is 0.526. The maximum absolute atomic E-state index is 13.5. The summed E-state index contributed by atoms with van der Waals surface area (Å²) in [4.78, 5) is 19.5. The fourth-order valence-corrected chi connectivity index (χ4v) is 3.91. The topological polar surface area (TPSA) is 95.7 Å². The van der Waals surface area contributed by atoms with Gasteiger partial charge in [0.1, 0.15) is 5.82 Å². The van der Waals surface area contributed by atoms with Crippen LogP contribution >= 0.6 is 0 Å². The van der Waals surface area contributed by atoms with Gasteiger partial charge in [-0.1, -0.05) is 12.1 Å². The number of pyridine rings is 1. The molecule has 31 heavy (non-hydrogen) atoms. The first kappa shape index (κ1) is 21.3. The average molecular weight is 441 g/mol. The Morgan fingerprint density at radius 1 is 1.13 bits per heavy atom. The Morgan fingerprint density at radius 3 is 2.58 bits per heavy atom. The predicted octanol–water partition coefficient (Wildman–Crippen LogP) is 2.83. The molecule has 1 aliphatic heterocycles. The van der Waals surface area contributed by atoms with Gasteiger partial charge in [-0.05, 0) is 53.9 Å². The van der Waals surface area contributed by atoms with Crippen LogP contribution in [0.2, 0.25) is 0 Å². The van der Waals surface area contributed by atoms with E-state index < -0.39 is 11.3 Å². The zero-order valence-corrected chi connectivity index (χ0v) is 17.7. The molecular formula is C22H21FN4O3S. The van der Waals surface area contributed by atoms with Gasteiger partial charge in [0, 0.05) is 42.5 Å². The largest absolute Gasteiger partial charge is 0.318 e. The molecule has 2 atom stereocenters. The maximum atomic E-state index is 13.5. The van der Waals surface area contributed by atoms with Crippen LogP contribution in [0.5, 0.6) is 0 Å². The highest BCUT2D eigenvalue weighted by Gasteiger charge is 2.24. The second kappa shape index (κ2) is 8.64. The molecule has 0 spiro atoms. The summed E-state index contributed by atoms with van der Waals surface area (Å²) in [7, 11) is 1.70. The Kier molecular flexibility index (Phi) is 5.92. The van der Waals surface area contributed by atoms with Crippen molar-refractivity contribution in [2.75, 3.05) is 0 Å². The van der Waals surface area contributed by atoms with Crippen LogP contribution in [-0.4, -0.2) is 19.0 Å². The van der Waals surface area contributed by atoms with Crippen LogP contribution in [0.15, 0.2) is 64.5 Å². The lowest BCUT2D eigenvalue weighted by atomic mass is 9.91. The standard InChI is InChI=1S/C22H21FN4O3S/c1-13-18-10-21(28)27(2)12-20(18)19-9-14(11-24-26-31(29)30)3-8-17(19)22(25-13)15-4-6-16(23)7-5-15/h3-10,12-13,24,26H,11H2,1-2H3,(H,29,30)/t13-/m0/s1. The van der Waals surface area contributed by atoms with E-state index in [-0.39, 0.29) is 17.4 Å². The molecule has 7 nitrogen and oxygen atoms in total. The third-order valence-electron chi connectivity index (χ3n) is 5.23. The highest BCUT2D eigenvalue weighted by molar-refractivity contribution is 7.77. The number of aryl methyl sites for hydroxylation is 1. The van der Waals surface area contributed by atoms with E-state index in [4.69, 9.17) is 9.55 Å². The van der Waals surface area contributed by atoms with Gasteiger partial charge in [-0.2, -0.15) is 4.83 Å². The third kappa shape index (κ3) is 4.40. The van der Waals surface area contributed by atoms with E-state index in [9.17, 15) is 13.4 Å². The quantitative estimate of drug-likeness (QED) is 0.420. The zero-order valence-electron chi connectivity index (χ0n) is 16.9. The van der Waals surface area contributed by atoms with E-state index in [2.05, 4.69) is 10.3 Å². The van der Waals surface area contributed by atoms with Gasteiger partial charge in [0.2, 0.25) is 11.3 Å². The van der Waals surface area contributed by atoms with E-state index in [1.807, 2.05) is 25.1 Å². The first-order chi connectivity index (χ1) is 14.8. The van der Waals surface area contributed by atoms with E-state index in [0.717, 1.165) is 33.4 Å². The van der Waals surface area contributed by atoms with Gasteiger partial charge in [-0.15, -0.1) is 0 Å². The van der Waals surface area contributed by atoms with Crippen molar-refractivity contribution in [1.29, 1.82) is 0 Å². The molecule has 1 unspecified atom stereocenters. The number of halogens is 1. The molecule has 3 N–H and O–H groups in total. The number of aliphatic imine (C=N–C) groups is 1. The minimum absolute atomic E-state index is 0.125. The summed E-state index contributed by atoms with van der Waals surface area (Å²) in [5, 5.41) is 0. The predicted molar refractivity (Wildman–Crippen MR) is 118 cm³/mol. The normalized spacial score (nSPS) is 16.1. The van der Waals surface area contributed by atoms with Crippen LogP contribution in [0, 0.1) is 5.82 Å². The fourth-order valence-electron chi connectivity index (χ4n) is 3.72. The monoisotopic (exact) mass is 440 g/mol.